The molecule has 3 rings (SSSR count). The second kappa shape index (κ2) is 9.91. The van der Waals surface area contributed by atoms with Crippen LogP contribution in [0.5, 0.6) is 0 Å². The molecule has 0 aliphatic carbocycles. The second-order valence-electron chi connectivity index (χ2n) is 7.74. The molecule has 1 aromatic carbocycles. The van der Waals surface area contributed by atoms with Gasteiger partial charge in [-0.1, -0.05) is 41.9 Å². The van der Waals surface area contributed by atoms with Crippen molar-refractivity contribution in [3.8, 4) is 0 Å². The molecular weight excluding hydrogens is 535 g/mol. The van der Waals surface area contributed by atoms with Gasteiger partial charge in [-0.25, -0.2) is 0 Å². The predicted molar refractivity (Wildman–Crippen MR) is 127 cm³/mol. The third-order valence-corrected chi connectivity index (χ3v) is 5.00. The average Bonchev–Trinajstić information content (AvgIpc) is 3.28. The summed E-state index contributed by atoms with van der Waals surface area (Å²) in [6.45, 7) is 8.59. The molecule has 28 heavy (non-hydrogen) atoms. The maximum absolute atomic E-state index is 5.33. The van der Waals surface area contributed by atoms with Crippen molar-refractivity contribution in [1.82, 2.24) is 20.8 Å². The number of hydrogen-bond acceptors (Lipinski definition) is 5. The van der Waals surface area contributed by atoms with Gasteiger partial charge in [0.05, 0.1) is 6.54 Å². The van der Waals surface area contributed by atoms with Gasteiger partial charge in [0.15, 0.2) is 11.8 Å². The van der Waals surface area contributed by atoms with E-state index in [4.69, 9.17) is 4.52 Å². The highest BCUT2D eigenvalue weighted by Gasteiger charge is 2.24. The summed E-state index contributed by atoms with van der Waals surface area (Å²) in [5, 5.41) is 10.8. The van der Waals surface area contributed by atoms with Crippen LogP contribution >= 0.6 is 39.9 Å². The lowest BCUT2D eigenvalue weighted by Gasteiger charge is -2.20. The molecule has 9 heteroatoms. The Hall–Kier alpha value is -1.36. The molecule has 1 aliphatic heterocycles. The van der Waals surface area contributed by atoms with Crippen LogP contribution in [0.1, 0.15) is 38.9 Å². The van der Waals surface area contributed by atoms with E-state index in [-0.39, 0.29) is 29.4 Å². The molecule has 2 N–H and O–H groups in total. The van der Waals surface area contributed by atoms with Gasteiger partial charge < -0.3 is 20.1 Å². The molecule has 1 aromatic heterocycles. The monoisotopic (exact) mass is 562 g/mol. The van der Waals surface area contributed by atoms with Crippen LogP contribution in [0.25, 0.3) is 0 Å². The Morgan fingerprint density at radius 3 is 2.64 bits per heavy atom. The van der Waals surface area contributed by atoms with Crippen molar-refractivity contribution in [2.75, 3.05) is 25.0 Å². The van der Waals surface area contributed by atoms with E-state index in [1.807, 2.05) is 0 Å². The Balaban J connectivity index is 0.00000280. The number of halogens is 2. The zero-order chi connectivity index (χ0) is 19.4. The molecule has 2 aromatic rings. The zero-order valence-corrected chi connectivity index (χ0v) is 20.6. The number of nitrogens with zero attached hydrogens (tertiary/aromatic N) is 4. The summed E-state index contributed by atoms with van der Waals surface area (Å²) >= 11 is 3.48. The molecule has 1 aliphatic rings. The number of guanidine groups is 1. The molecule has 2 heterocycles. The molecule has 154 valence electrons. The summed E-state index contributed by atoms with van der Waals surface area (Å²) in [4.78, 5) is 11.1. The van der Waals surface area contributed by atoms with E-state index in [0.29, 0.717) is 24.3 Å². The van der Waals surface area contributed by atoms with Gasteiger partial charge in [0, 0.05) is 41.8 Å². The highest BCUT2D eigenvalue weighted by molar-refractivity contribution is 14.0. The fraction of sp³-hybridized carbons (Fsp3) is 0.526. The van der Waals surface area contributed by atoms with Crippen molar-refractivity contribution < 1.29 is 4.52 Å². The van der Waals surface area contributed by atoms with E-state index < -0.39 is 0 Å². The van der Waals surface area contributed by atoms with Crippen molar-refractivity contribution in [3.05, 3.63) is 40.5 Å². The Kier molecular flexibility index (Phi) is 8.11. The summed E-state index contributed by atoms with van der Waals surface area (Å²) in [5.41, 5.74) is 1.10. The third kappa shape index (κ3) is 6.07. The minimum Gasteiger partial charge on any atom is -0.369 e. The minimum atomic E-state index is -0.147. The van der Waals surface area contributed by atoms with Crippen LogP contribution in [-0.4, -0.2) is 42.3 Å². The lowest BCUT2D eigenvalue weighted by Crippen LogP contribution is -2.44. The highest BCUT2D eigenvalue weighted by Crippen LogP contribution is 2.22. The fourth-order valence-electron chi connectivity index (χ4n) is 2.95. The van der Waals surface area contributed by atoms with Crippen molar-refractivity contribution >= 4 is 51.6 Å². The smallest absolute Gasteiger partial charge is 0.232 e. The maximum Gasteiger partial charge on any atom is 0.232 e. The quantitative estimate of drug-likeness (QED) is 0.336. The Morgan fingerprint density at radius 1 is 1.32 bits per heavy atom. The minimum absolute atomic E-state index is 0. The number of hydrogen-bond donors (Lipinski definition) is 2. The standard InChI is InChI=1S/C19H27BrN6O.HI/c1-19(2,3)17-24-16(25-27-17)11-22-18(21-4)23-14-9-10-26(12-14)15-7-5-13(20)6-8-15;/h5-8,14H,9-12H2,1-4H3,(H2,21,22,23);1H. The van der Waals surface area contributed by atoms with Crippen molar-refractivity contribution in [3.63, 3.8) is 0 Å². The van der Waals surface area contributed by atoms with E-state index in [2.05, 4.69) is 91.6 Å². The topological polar surface area (TPSA) is 78.6 Å². The number of nitrogens with one attached hydrogen (secondary N) is 2. The molecule has 1 saturated heterocycles. The Morgan fingerprint density at radius 2 is 2.04 bits per heavy atom. The van der Waals surface area contributed by atoms with Gasteiger partial charge in [0.1, 0.15) is 0 Å². The first-order valence-electron chi connectivity index (χ1n) is 9.16. The molecule has 7 nitrogen and oxygen atoms in total. The van der Waals surface area contributed by atoms with Crippen LogP contribution in [0, 0.1) is 0 Å². The zero-order valence-electron chi connectivity index (χ0n) is 16.7. The van der Waals surface area contributed by atoms with E-state index in [9.17, 15) is 0 Å². The van der Waals surface area contributed by atoms with Crippen LogP contribution in [-0.2, 0) is 12.0 Å². The van der Waals surface area contributed by atoms with Gasteiger partial charge in [0.2, 0.25) is 5.89 Å². The van der Waals surface area contributed by atoms with Crippen LogP contribution in [0.2, 0.25) is 0 Å². The molecule has 1 unspecified atom stereocenters. The molecule has 1 fully saturated rings. The first-order chi connectivity index (χ1) is 12.8. The molecular formula is C19H28BrIN6O. The summed E-state index contributed by atoms with van der Waals surface area (Å²) < 4.78 is 6.43. The van der Waals surface area contributed by atoms with Gasteiger partial charge in [-0.15, -0.1) is 24.0 Å². The van der Waals surface area contributed by atoms with E-state index in [1.54, 1.807) is 7.05 Å². The van der Waals surface area contributed by atoms with Gasteiger partial charge >= 0.3 is 0 Å². The fourth-order valence-corrected chi connectivity index (χ4v) is 3.21. The summed E-state index contributed by atoms with van der Waals surface area (Å²) in [5.74, 6) is 2.02. The van der Waals surface area contributed by atoms with Gasteiger partial charge in [-0.2, -0.15) is 4.98 Å². The van der Waals surface area contributed by atoms with Crippen molar-refractivity contribution in [2.24, 2.45) is 4.99 Å². The van der Waals surface area contributed by atoms with Crippen molar-refractivity contribution in [2.45, 2.75) is 45.2 Å². The van der Waals surface area contributed by atoms with Crippen LogP contribution < -0.4 is 15.5 Å². The summed E-state index contributed by atoms with van der Waals surface area (Å²) in [7, 11) is 1.77. The number of benzene rings is 1. The lowest BCUT2D eigenvalue weighted by molar-refractivity contribution is 0.318. The average molecular weight is 563 g/mol. The summed E-state index contributed by atoms with van der Waals surface area (Å²) in [6, 6.07) is 8.78. The normalized spacial score (nSPS) is 17.4. The van der Waals surface area contributed by atoms with E-state index >= 15 is 0 Å². The Bertz CT molecular complexity index is 786. The number of anilines is 1. The van der Waals surface area contributed by atoms with Crippen LogP contribution in [0.4, 0.5) is 5.69 Å². The van der Waals surface area contributed by atoms with Crippen LogP contribution in [0.15, 0.2) is 38.3 Å². The highest BCUT2D eigenvalue weighted by atomic mass is 127. The van der Waals surface area contributed by atoms with Gasteiger partial charge in [-0.05, 0) is 30.7 Å². The van der Waals surface area contributed by atoms with E-state index in [1.165, 1.54) is 5.69 Å². The van der Waals surface area contributed by atoms with Gasteiger partial charge in [-0.3, -0.25) is 4.99 Å². The van der Waals surface area contributed by atoms with Crippen LogP contribution in [0.3, 0.4) is 0 Å². The summed E-state index contributed by atoms with van der Waals surface area (Å²) in [6.07, 6.45) is 1.06. The molecule has 1 atom stereocenters. The first-order valence-corrected chi connectivity index (χ1v) is 9.95. The molecule has 0 radical (unpaired) electrons. The van der Waals surface area contributed by atoms with E-state index in [0.717, 1.165) is 29.9 Å². The Labute approximate surface area is 191 Å². The maximum atomic E-state index is 5.33. The number of aromatic nitrogens is 2. The molecule has 0 saturated carbocycles. The third-order valence-electron chi connectivity index (χ3n) is 4.47. The molecule has 0 spiro atoms. The molecule has 0 bridgehead atoms. The lowest BCUT2D eigenvalue weighted by atomic mass is 9.97. The first kappa shape index (κ1) is 22.9. The van der Waals surface area contributed by atoms with Crippen molar-refractivity contribution in [1.29, 1.82) is 0 Å². The SMILES string of the molecule is CN=C(NCc1noc(C(C)(C)C)n1)NC1CCN(c2ccc(Br)cc2)C1.I. The number of rotatable bonds is 4. The number of aliphatic imine (C=N–C) groups is 1. The molecule has 0 amide bonds. The van der Waals surface area contributed by atoms with Gasteiger partial charge in [0.25, 0.3) is 0 Å². The predicted octanol–water partition coefficient (Wildman–Crippen LogP) is 3.69. The largest absolute Gasteiger partial charge is 0.369 e. The second-order valence-corrected chi connectivity index (χ2v) is 8.66.